The van der Waals surface area contributed by atoms with E-state index in [1.165, 1.54) is 0 Å². The summed E-state index contributed by atoms with van der Waals surface area (Å²) in [5.41, 5.74) is 0. The maximum absolute atomic E-state index is 11.8. The number of rotatable bonds is 4. The van der Waals surface area contributed by atoms with Crippen LogP contribution in [0.3, 0.4) is 0 Å². The Labute approximate surface area is 88.9 Å². The van der Waals surface area contributed by atoms with E-state index in [1.54, 1.807) is 11.8 Å². The summed E-state index contributed by atoms with van der Waals surface area (Å²) in [6.45, 7) is 4.64. The minimum atomic E-state index is -0.223. The van der Waals surface area contributed by atoms with Crippen molar-refractivity contribution in [2.24, 2.45) is 0 Å². The molecule has 0 radical (unpaired) electrons. The number of amides is 1. The van der Waals surface area contributed by atoms with Gasteiger partial charge < -0.3 is 4.90 Å². The Morgan fingerprint density at radius 1 is 1.67 bits per heavy atom. The summed E-state index contributed by atoms with van der Waals surface area (Å²) in [5, 5.41) is 6.43. The zero-order chi connectivity index (χ0) is 11.3. The molecule has 0 saturated heterocycles. The summed E-state index contributed by atoms with van der Waals surface area (Å²) in [6.07, 6.45) is 6.05. The predicted molar refractivity (Wildman–Crippen MR) is 56.1 cm³/mol. The van der Waals surface area contributed by atoms with Crippen molar-refractivity contribution in [1.82, 2.24) is 20.1 Å². The third kappa shape index (κ3) is 2.81. The normalized spacial score (nSPS) is 9.67. The molecule has 1 amide bonds. The standard InChI is InChI=1S/C10H14N4O/c1-4-6-14(7-5-2)10(15)9-11-8(3)12-13-9/h1H,5-7H2,2-3H3,(H,11,12,13). The molecule has 0 unspecified atom stereocenters. The second-order valence-corrected chi connectivity index (χ2v) is 3.18. The third-order valence-corrected chi connectivity index (χ3v) is 1.85. The van der Waals surface area contributed by atoms with Crippen LogP contribution in [0.1, 0.15) is 29.8 Å². The van der Waals surface area contributed by atoms with Crippen LogP contribution in [0, 0.1) is 19.3 Å². The fourth-order valence-electron chi connectivity index (χ4n) is 1.21. The van der Waals surface area contributed by atoms with Crippen LogP contribution in [0.4, 0.5) is 0 Å². The maximum Gasteiger partial charge on any atom is 0.294 e. The maximum atomic E-state index is 11.8. The summed E-state index contributed by atoms with van der Waals surface area (Å²) in [4.78, 5) is 17.4. The second-order valence-electron chi connectivity index (χ2n) is 3.18. The molecule has 5 nitrogen and oxygen atoms in total. The predicted octanol–water partition coefficient (Wildman–Crippen LogP) is 0.599. The van der Waals surface area contributed by atoms with Gasteiger partial charge >= 0.3 is 0 Å². The van der Waals surface area contributed by atoms with Gasteiger partial charge in [-0.2, -0.15) is 0 Å². The van der Waals surface area contributed by atoms with Gasteiger partial charge in [-0.3, -0.25) is 9.89 Å². The van der Waals surface area contributed by atoms with Gasteiger partial charge in [0.05, 0.1) is 6.54 Å². The number of nitrogens with zero attached hydrogens (tertiary/aromatic N) is 3. The number of H-pyrrole nitrogens is 1. The van der Waals surface area contributed by atoms with E-state index >= 15 is 0 Å². The number of hydrogen-bond donors (Lipinski definition) is 1. The number of carbonyl (C=O) groups is 1. The van der Waals surface area contributed by atoms with E-state index in [0.29, 0.717) is 18.9 Å². The molecular weight excluding hydrogens is 192 g/mol. The van der Waals surface area contributed by atoms with E-state index < -0.39 is 0 Å². The molecule has 0 atom stereocenters. The molecule has 0 spiro atoms. The number of terminal acetylenes is 1. The van der Waals surface area contributed by atoms with Crippen LogP contribution in [-0.4, -0.2) is 39.1 Å². The highest BCUT2D eigenvalue weighted by Crippen LogP contribution is 2.00. The average molecular weight is 206 g/mol. The number of aromatic amines is 1. The Morgan fingerprint density at radius 2 is 2.40 bits per heavy atom. The number of aryl methyl sites for hydroxylation is 1. The van der Waals surface area contributed by atoms with E-state index in [-0.39, 0.29) is 11.7 Å². The molecule has 80 valence electrons. The highest BCUT2D eigenvalue weighted by Gasteiger charge is 2.17. The van der Waals surface area contributed by atoms with Crippen molar-refractivity contribution in [1.29, 1.82) is 0 Å². The second kappa shape index (κ2) is 5.15. The Bertz CT molecular complexity index is 377. The first kappa shape index (κ1) is 11.2. The molecule has 0 aliphatic heterocycles. The van der Waals surface area contributed by atoms with Crippen LogP contribution < -0.4 is 0 Å². The van der Waals surface area contributed by atoms with Crippen molar-refractivity contribution in [3.63, 3.8) is 0 Å². The van der Waals surface area contributed by atoms with Crippen LogP contribution in [0.5, 0.6) is 0 Å². The molecule has 5 heteroatoms. The molecule has 1 heterocycles. The minimum Gasteiger partial charge on any atom is -0.325 e. The van der Waals surface area contributed by atoms with Gasteiger partial charge in [-0.15, -0.1) is 11.5 Å². The highest BCUT2D eigenvalue weighted by atomic mass is 16.2. The lowest BCUT2D eigenvalue weighted by Crippen LogP contribution is -2.32. The minimum absolute atomic E-state index is 0.177. The lowest BCUT2D eigenvalue weighted by atomic mass is 10.3. The first-order valence-corrected chi connectivity index (χ1v) is 4.80. The lowest BCUT2D eigenvalue weighted by Gasteiger charge is -2.16. The Kier molecular flexibility index (Phi) is 3.86. The number of carbonyl (C=O) groups excluding carboxylic acids is 1. The molecule has 0 aliphatic rings. The number of hydrogen-bond acceptors (Lipinski definition) is 3. The summed E-state index contributed by atoms with van der Waals surface area (Å²) >= 11 is 0. The van der Waals surface area contributed by atoms with Crippen molar-refractivity contribution < 1.29 is 4.79 Å². The lowest BCUT2D eigenvalue weighted by molar-refractivity contribution is 0.0765. The van der Waals surface area contributed by atoms with Crippen LogP contribution in [0.2, 0.25) is 0 Å². The monoisotopic (exact) mass is 206 g/mol. The SMILES string of the molecule is C#CCN(CCC)C(=O)c1n[nH]c(C)n1. The number of aromatic nitrogens is 3. The van der Waals surface area contributed by atoms with Gasteiger partial charge in [0.15, 0.2) is 0 Å². The van der Waals surface area contributed by atoms with Gasteiger partial charge in [0, 0.05) is 6.54 Å². The summed E-state index contributed by atoms with van der Waals surface area (Å²) in [6, 6.07) is 0. The average Bonchev–Trinajstić information content (AvgIpc) is 2.63. The fourth-order valence-corrected chi connectivity index (χ4v) is 1.21. The molecule has 0 aliphatic carbocycles. The van der Waals surface area contributed by atoms with E-state index in [9.17, 15) is 4.79 Å². The largest absolute Gasteiger partial charge is 0.325 e. The first-order chi connectivity index (χ1) is 7.19. The molecule has 0 fully saturated rings. The highest BCUT2D eigenvalue weighted by molar-refractivity contribution is 5.90. The van der Waals surface area contributed by atoms with E-state index in [2.05, 4.69) is 21.1 Å². The number of nitrogens with one attached hydrogen (secondary N) is 1. The van der Waals surface area contributed by atoms with Crippen LogP contribution in [-0.2, 0) is 0 Å². The Balaban J connectivity index is 2.76. The van der Waals surface area contributed by atoms with E-state index in [0.717, 1.165) is 6.42 Å². The zero-order valence-electron chi connectivity index (χ0n) is 8.95. The molecule has 0 bridgehead atoms. The molecule has 0 aromatic carbocycles. The first-order valence-electron chi connectivity index (χ1n) is 4.80. The fraction of sp³-hybridized carbons (Fsp3) is 0.500. The zero-order valence-corrected chi connectivity index (χ0v) is 8.95. The van der Waals surface area contributed by atoms with Crippen molar-refractivity contribution in [3.8, 4) is 12.3 Å². The Morgan fingerprint density at radius 3 is 2.87 bits per heavy atom. The van der Waals surface area contributed by atoms with Gasteiger partial charge in [-0.25, -0.2) is 4.98 Å². The van der Waals surface area contributed by atoms with Gasteiger partial charge in [-0.05, 0) is 13.3 Å². The molecule has 1 rings (SSSR count). The van der Waals surface area contributed by atoms with Gasteiger partial charge in [0.2, 0.25) is 5.82 Å². The summed E-state index contributed by atoms with van der Waals surface area (Å²) < 4.78 is 0. The van der Waals surface area contributed by atoms with Crippen molar-refractivity contribution in [3.05, 3.63) is 11.6 Å². The van der Waals surface area contributed by atoms with Crippen molar-refractivity contribution in [2.75, 3.05) is 13.1 Å². The molecule has 1 aromatic heterocycles. The van der Waals surface area contributed by atoms with Crippen LogP contribution >= 0.6 is 0 Å². The van der Waals surface area contributed by atoms with Gasteiger partial charge in [0.1, 0.15) is 5.82 Å². The van der Waals surface area contributed by atoms with Gasteiger partial charge in [-0.1, -0.05) is 12.8 Å². The third-order valence-electron chi connectivity index (χ3n) is 1.85. The molecule has 15 heavy (non-hydrogen) atoms. The van der Waals surface area contributed by atoms with Crippen LogP contribution in [0.15, 0.2) is 0 Å². The Hall–Kier alpha value is -1.83. The van der Waals surface area contributed by atoms with Crippen molar-refractivity contribution in [2.45, 2.75) is 20.3 Å². The quantitative estimate of drug-likeness (QED) is 0.734. The molecule has 0 saturated carbocycles. The summed E-state index contributed by atoms with van der Waals surface area (Å²) in [5.74, 6) is 3.02. The van der Waals surface area contributed by atoms with E-state index in [4.69, 9.17) is 6.42 Å². The molecule has 1 N–H and O–H groups in total. The topological polar surface area (TPSA) is 61.9 Å². The smallest absolute Gasteiger partial charge is 0.294 e. The molecular formula is C10H14N4O. The summed E-state index contributed by atoms with van der Waals surface area (Å²) in [7, 11) is 0. The van der Waals surface area contributed by atoms with Gasteiger partial charge in [0.25, 0.3) is 5.91 Å². The van der Waals surface area contributed by atoms with Crippen molar-refractivity contribution >= 4 is 5.91 Å². The van der Waals surface area contributed by atoms with Crippen LogP contribution in [0.25, 0.3) is 0 Å². The molecule has 1 aromatic rings. The van der Waals surface area contributed by atoms with E-state index in [1.807, 2.05) is 6.92 Å².